The molecule has 1 aromatic carbocycles. The van der Waals surface area contributed by atoms with E-state index in [0.717, 1.165) is 0 Å². The van der Waals surface area contributed by atoms with Crippen LogP contribution in [0.1, 0.15) is 0 Å². The molecule has 0 heterocycles. The molecule has 0 aliphatic heterocycles. The van der Waals surface area contributed by atoms with Gasteiger partial charge in [-0.25, -0.2) is 13.6 Å². The molecule has 1 rings (SSSR count). The Morgan fingerprint density at radius 2 is 2.00 bits per heavy atom. The number of nitro groups is 1. The van der Waals surface area contributed by atoms with Crippen molar-refractivity contribution in [3.63, 3.8) is 0 Å². The molecule has 0 bridgehead atoms. The van der Waals surface area contributed by atoms with Crippen molar-refractivity contribution in [2.75, 3.05) is 25.6 Å². The summed E-state index contributed by atoms with van der Waals surface area (Å²) in [7, 11) is -3.56. The van der Waals surface area contributed by atoms with Gasteiger partial charge in [0.1, 0.15) is 6.61 Å². The monoisotopic (exact) mass is 324 g/mol. The maximum Gasteiger partial charge on any atom is 0.312 e. The summed E-state index contributed by atoms with van der Waals surface area (Å²) < 4.78 is 31.4. The summed E-state index contributed by atoms with van der Waals surface area (Å²) >= 11 is 5.81. The molecule has 0 aliphatic carbocycles. The topological polar surface area (TPSA) is 122 Å². The summed E-state index contributed by atoms with van der Waals surface area (Å²) in [6.45, 7) is -0.0279. The van der Waals surface area contributed by atoms with Gasteiger partial charge in [-0.1, -0.05) is 17.7 Å². The first-order valence-electron chi connectivity index (χ1n) is 5.45. The van der Waals surface area contributed by atoms with Crippen LogP contribution in [-0.2, 0) is 14.8 Å². The van der Waals surface area contributed by atoms with Gasteiger partial charge in [-0.3, -0.25) is 10.1 Å². The maximum atomic E-state index is 10.8. The van der Waals surface area contributed by atoms with E-state index in [0.29, 0.717) is 0 Å². The van der Waals surface area contributed by atoms with Crippen LogP contribution in [0.15, 0.2) is 18.2 Å². The molecule has 112 valence electrons. The van der Waals surface area contributed by atoms with Crippen LogP contribution in [0.5, 0.6) is 5.75 Å². The molecule has 1 aromatic rings. The first-order valence-corrected chi connectivity index (χ1v) is 7.54. The van der Waals surface area contributed by atoms with E-state index in [1.54, 1.807) is 0 Å². The highest BCUT2D eigenvalue weighted by molar-refractivity contribution is 7.89. The normalized spacial score (nSPS) is 11.3. The Kier molecular flexibility index (Phi) is 6.14. The van der Waals surface area contributed by atoms with Gasteiger partial charge in [0.25, 0.3) is 0 Å². The fraction of sp³-hybridized carbons (Fsp3) is 0.400. The van der Waals surface area contributed by atoms with Crippen LogP contribution in [0.4, 0.5) is 5.69 Å². The number of ether oxygens (including phenoxy) is 2. The van der Waals surface area contributed by atoms with Gasteiger partial charge in [0, 0.05) is 6.07 Å². The number of sulfonamides is 1. The van der Waals surface area contributed by atoms with Gasteiger partial charge in [-0.2, -0.15) is 0 Å². The fourth-order valence-corrected chi connectivity index (χ4v) is 1.84. The number of hydrogen-bond acceptors (Lipinski definition) is 6. The standard InChI is InChI=1S/C10H13ClN2O6S/c11-8-2-1-3-9(13(14)15)10(8)19-5-4-18-6-7-20(12,16)17/h1-3H,4-7H2,(H2,12,16,17). The highest BCUT2D eigenvalue weighted by atomic mass is 35.5. The predicted octanol–water partition coefficient (Wildman–Crippen LogP) is 0.932. The minimum absolute atomic E-state index is 0.00477. The predicted molar refractivity (Wildman–Crippen MR) is 72.4 cm³/mol. The van der Waals surface area contributed by atoms with Crippen LogP contribution >= 0.6 is 11.6 Å². The van der Waals surface area contributed by atoms with Crippen LogP contribution in [0, 0.1) is 10.1 Å². The summed E-state index contributed by atoms with van der Waals surface area (Å²) in [5, 5.41) is 15.7. The second kappa shape index (κ2) is 7.39. The molecule has 0 amide bonds. The molecule has 0 saturated carbocycles. The second-order valence-electron chi connectivity index (χ2n) is 3.67. The first-order chi connectivity index (χ1) is 9.31. The zero-order chi connectivity index (χ0) is 15.2. The highest BCUT2D eigenvalue weighted by Crippen LogP contribution is 2.34. The quantitative estimate of drug-likeness (QED) is 0.431. The van der Waals surface area contributed by atoms with Crippen LogP contribution in [0.2, 0.25) is 5.02 Å². The van der Waals surface area contributed by atoms with Crippen molar-refractivity contribution in [2.24, 2.45) is 5.14 Å². The first kappa shape index (κ1) is 16.6. The number of nitrogens with zero attached hydrogens (tertiary/aromatic N) is 1. The molecule has 0 atom stereocenters. The lowest BCUT2D eigenvalue weighted by atomic mass is 10.3. The molecule has 0 fully saturated rings. The lowest BCUT2D eigenvalue weighted by Crippen LogP contribution is -2.21. The summed E-state index contributed by atoms with van der Waals surface area (Å²) in [4.78, 5) is 10.2. The van der Waals surface area contributed by atoms with E-state index in [-0.39, 0.29) is 42.0 Å². The van der Waals surface area contributed by atoms with Crippen LogP contribution < -0.4 is 9.88 Å². The molecule has 0 unspecified atom stereocenters. The third-order valence-corrected chi connectivity index (χ3v) is 3.16. The SMILES string of the molecule is NS(=O)(=O)CCOCCOc1c(Cl)cccc1[N+](=O)[O-]. The molecule has 8 nitrogen and oxygen atoms in total. The summed E-state index contributed by atoms with van der Waals surface area (Å²) in [5.74, 6) is -0.353. The Balaban J connectivity index is 2.45. The summed E-state index contributed by atoms with van der Waals surface area (Å²) in [5.41, 5.74) is -0.248. The number of nitrogens with two attached hydrogens (primary N) is 1. The highest BCUT2D eigenvalue weighted by Gasteiger charge is 2.17. The number of nitro benzene ring substituents is 1. The zero-order valence-corrected chi connectivity index (χ0v) is 11.9. The van der Waals surface area contributed by atoms with Crippen molar-refractivity contribution in [1.82, 2.24) is 0 Å². The van der Waals surface area contributed by atoms with Gasteiger partial charge in [0.15, 0.2) is 0 Å². The Bertz CT molecular complexity index is 577. The maximum absolute atomic E-state index is 10.8. The third kappa shape index (κ3) is 5.70. The van der Waals surface area contributed by atoms with Crippen molar-refractivity contribution in [2.45, 2.75) is 0 Å². The van der Waals surface area contributed by atoms with E-state index in [9.17, 15) is 18.5 Å². The Labute approximate surface area is 120 Å². The van der Waals surface area contributed by atoms with Crippen molar-refractivity contribution in [3.05, 3.63) is 33.3 Å². The molecule has 0 aromatic heterocycles. The molecule has 0 radical (unpaired) electrons. The van der Waals surface area contributed by atoms with Crippen LogP contribution in [-0.4, -0.2) is 38.9 Å². The largest absolute Gasteiger partial charge is 0.483 e. The lowest BCUT2D eigenvalue weighted by molar-refractivity contribution is -0.385. The van der Waals surface area contributed by atoms with E-state index < -0.39 is 14.9 Å². The third-order valence-electron chi connectivity index (χ3n) is 2.13. The zero-order valence-electron chi connectivity index (χ0n) is 10.3. The van der Waals surface area contributed by atoms with Crippen LogP contribution in [0.3, 0.4) is 0 Å². The molecule has 0 aliphatic rings. The van der Waals surface area contributed by atoms with Crippen LogP contribution in [0.25, 0.3) is 0 Å². The van der Waals surface area contributed by atoms with E-state index >= 15 is 0 Å². The second-order valence-corrected chi connectivity index (χ2v) is 5.81. The van der Waals surface area contributed by atoms with E-state index in [1.807, 2.05) is 0 Å². The minimum Gasteiger partial charge on any atom is -0.483 e. The van der Waals surface area contributed by atoms with Gasteiger partial charge in [0.05, 0.1) is 28.9 Å². The Morgan fingerprint density at radius 1 is 1.30 bits per heavy atom. The number of benzene rings is 1. The Morgan fingerprint density at radius 3 is 2.60 bits per heavy atom. The van der Waals surface area contributed by atoms with Crippen molar-refractivity contribution < 1.29 is 22.8 Å². The smallest absolute Gasteiger partial charge is 0.312 e. The number of para-hydroxylation sites is 1. The molecule has 0 saturated heterocycles. The summed E-state index contributed by atoms with van der Waals surface area (Å²) in [6, 6.07) is 4.17. The van der Waals surface area contributed by atoms with Crippen molar-refractivity contribution in [3.8, 4) is 5.75 Å². The molecule has 20 heavy (non-hydrogen) atoms. The van der Waals surface area contributed by atoms with Gasteiger partial charge in [-0.15, -0.1) is 0 Å². The summed E-state index contributed by atoms with van der Waals surface area (Å²) in [6.07, 6.45) is 0. The average Bonchev–Trinajstić information content (AvgIpc) is 2.33. The average molecular weight is 325 g/mol. The number of hydrogen-bond donors (Lipinski definition) is 1. The van der Waals surface area contributed by atoms with Gasteiger partial charge >= 0.3 is 5.69 Å². The fourth-order valence-electron chi connectivity index (χ4n) is 1.26. The van der Waals surface area contributed by atoms with E-state index in [4.69, 9.17) is 26.2 Å². The van der Waals surface area contributed by atoms with Gasteiger partial charge < -0.3 is 9.47 Å². The van der Waals surface area contributed by atoms with E-state index in [1.165, 1.54) is 18.2 Å². The molecule has 10 heteroatoms. The van der Waals surface area contributed by atoms with Crippen molar-refractivity contribution >= 4 is 27.3 Å². The van der Waals surface area contributed by atoms with Crippen molar-refractivity contribution in [1.29, 1.82) is 0 Å². The van der Waals surface area contributed by atoms with Gasteiger partial charge in [-0.05, 0) is 6.07 Å². The van der Waals surface area contributed by atoms with Gasteiger partial charge in [0.2, 0.25) is 15.8 Å². The number of halogens is 1. The molecule has 2 N–H and O–H groups in total. The number of rotatable bonds is 8. The molecule has 0 spiro atoms. The van der Waals surface area contributed by atoms with E-state index in [2.05, 4.69) is 0 Å². The molecular formula is C10H13ClN2O6S. The number of primary sulfonamides is 1. The lowest BCUT2D eigenvalue weighted by Gasteiger charge is -2.08. The molecular weight excluding hydrogens is 312 g/mol. The Hall–Kier alpha value is -1.42. The minimum atomic E-state index is -3.56.